The molecule has 0 unspecified atom stereocenters. The summed E-state index contributed by atoms with van der Waals surface area (Å²) in [6.07, 6.45) is 5.41. The lowest BCUT2D eigenvalue weighted by Gasteiger charge is -2.30. The van der Waals surface area contributed by atoms with E-state index in [1.54, 1.807) is 6.20 Å². The average molecular weight is 288 g/mol. The lowest BCUT2D eigenvalue weighted by Crippen LogP contribution is -2.35. The predicted octanol–water partition coefficient (Wildman–Crippen LogP) is 2.06. The number of likely N-dealkylation sites (tertiary alicyclic amines) is 1. The number of hydrogen-bond donors (Lipinski definition) is 0. The van der Waals surface area contributed by atoms with Crippen molar-refractivity contribution in [1.82, 2.24) is 20.0 Å². The zero-order valence-electron chi connectivity index (χ0n) is 12.2. The molecule has 2 aromatic heterocycles. The Kier molecular flexibility index (Phi) is 4.45. The highest BCUT2D eigenvalue weighted by Crippen LogP contribution is 2.20. The summed E-state index contributed by atoms with van der Waals surface area (Å²) >= 11 is 0. The van der Waals surface area contributed by atoms with Crippen molar-refractivity contribution >= 4 is 0 Å². The highest BCUT2D eigenvalue weighted by atomic mass is 16.5. The first-order valence-corrected chi connectivity index (χ1v) is 7.33. The minimum atomic E-state index is 0.591. The molecule has 0 spiro atoms. The second-order valence-electron chi connectivity index (χ2n) is 5.50. The van der Waals surface area contributed by atoms with Crippen molar-refractivity contribution in [2.45, 2.75) is 26.3 Å². The average Bonchev–Trinajstić information content (AvgIpc) is 3.01. The maximum absolute atomic E-state index is 5.85. The molecule has 6 nitrogen and oxygen atoms in total. The van der Waals surface area contributed by atoms with E-state index in [9.17, 15) is 0 Å². The van der Waals surface area contributed by atoms with Crippen LogP contribution in [0.15, 0.2) is 29.2 Å². The molecule has 0 radical (unpaired) electrons. The summed E-state index contributed by atoms with van der Waals surface area (Å²) in [6.45, 7) is 5.63. The first-order chi connectivity index (χ1) is 10.3. The molecule has 1 aliphatic heterocycles. The quantitative estimate of drug-likeness (QED) is 0.839. The molecule has 112 valence electrons. The third kappa shape index (κ3) is 3.78. The van der Waals surface area contributed by atoms with Gasteiger partial charge in [-0.15, -0.1) is 0 Å². The van der Waals surface area contributed by atoms with E-state index in [0.29, 0.717) is 5.92 Å². The highest BCUT2D eigenvalue weighted by molar-refractivity contribution is 5.23. The molecule has 0 aliphatic carbocycles. The fourth-order valence-electron chi connectivity index (χ4n) is 2.59. The van der Waals surface area contributed by atoms with Crippen LogP contribution in [-0.4, -0.2) is 39.7 Å². The molecule has 6 heteroatoms. The van der Waals surface area contributed by atoms with Gasteiger partial charge in [0, 0.05) is 11.8 Å². The van der Waals surface area contributed by atoms with Crippen LogP contribution >= 0.6 is 0 Å². The molecule has 3 rings (SSSR count). The van der Waals surface area contributed by atoms with Gasteiger partial charge in [-0.2, -0.15) is 4.98 Å². The van der Waals surface area contributed by atoms with Crippen LogP contribution in [0.25, 0.3) is 0 Å². The Hall–Kier alpha value is -1.95. The Morgan fingerprint density at radius 1 is 1.33 bits per heavy atom. The van der Waals surface area contributed by atoms with Crippen LogP contribution in [0.3, 0.4) is 0 Å². The van der Waals surface area contributed by atoms with Crippen LogP contribution in [0.4, 0.5) is 0 Å². The summed E-state index contributed by atoms with van der Waals surface area (Å²) in [4.78, 5) is 10.7. The van der Waals surface area contributed by atoms with Crippen molar-refractivity contribution in [3.05, 3.63) is 36.1 Å². The maximum atomic E-state index is 5.85. The van der Waals surface area contributed by atoms with Gasteiger partial charge in [0.15, 0.2) is 5.82 Å². The zero-order valence-corrected chi connectivity index (χ0v) is 12.2. The van der Waals surface area contributed by atoms with Gasteiger partial charge in [-0.05, 0) is 44.8 Å². The number of ether oxygens (including phenoxy) is 1. The molecule has 2 aromatic rings. The summed E-state index contributed by atoms with van der Waals surface area (Å²) in [5.41, 5.74) is 1.09. The second-order valence-corrected chi connectivity index (χ2v) is 5.50. The molecule has 0 atom stereocenters. The first-order valence-electron chi connectivity index (χ1n) is 7.33. The van der Waals surface area contributed by atoms with Crippen molar-refractivity contribution in [1.29, 1.82) is 0 Å². The number of pyridine rings is 1. The molecule has 3 heterocycles. The maximum Gasteiger partial charge on any atom is 0.216 e. The van der Waals surface area contributed by atoms with Crippen molar-refractivity contribution in [3.8, 4) is 5.88 Å². The van der Waals surface area contributed by atoms with E-state index in [4.69, 9.17) is 9.26 Å². The van der Waals surface area contributed by atoms with Crippen molar-refractivity contribution in [3.63, 3.8) is 0 Å². The van der Waals surface area contributed by atoms with Crippen molar-refractivity contribution in [2.75, 3.05) is 19.7 Å². The van der Waals surface area contributed by atoms with E-state index >= 15 is 0 Å². The van der Waals surface area contributed by atoms with Crippen LogP contribution in [0, 0.1) is 12.8 Å². The minimum Gasteiger partial charge on any atom is -0.477 e. The van der Waals surface area contributed by atoms with E-state index in [1.807, 2.05) is 19.1 Å². The van der Waals surface area contributed by atoms with Gasteiger partial charge < -0.3 is 9.26 Å². The molecule has 0 N–H and O–H groups in total. The van der Waals surface area contributed by atoms with Gasteiger partial charge in [0.05, 0.1) is 13.2 Å². The van der Waals surface area contributed by atoms with Gasteiger partial charge in [0.1, 0.15) is 0 Å². The van der Waals surface area contributed by atoms with E-state index in [2.05, 4.69) is 20.0 Å². The summed E-state index contributed by atoms with van der Waals surface area (Å²) in [5, 5.41) is 3.85. The number of nitrogens with zero attached hydrogens (tertiary/aromatic N) is 4. The molecule has 1 aliphatic rings. The smallest absolute Gasteiger partial charge is 0.216 e. The number of hydrogen-bond acceptors (Lipinski definition) is 6. The largest absolute Gasteiger partial charge is 0.477 e. The Labute approximate surface area is 124 Å². The molecule has 0 amide bonds. The molecule has 21 heavy (non-hydrogen) atoms. The van der Waals surface area contributed by atoms with Gasteiger partial charge in [-0.25, -0.2) is 4.98 Å². The normalized spacial score (nSPS) is 17.0. The molecule has 1 fully saturated rings. The zero-order chi connectivity index (χ0) is 14.5. The van der Waals surface area contributed by atoms with Crippen LogP contribution < -0.4 is 4.74 Å². The minimum absolute atomic E-state index is 0.591. The van der Waals surface area contributed by atoms with Crippen LogP contribution in [0.2, 0.25) is 0 Å². The standard InChI is InChI=1S/C15H20N4O2/c1-12-3-2-6-16-15(12)20-10-13-4-7-19(8-5-13)9-14-17-11-21-18-14/h2-3,6,11,13H,4-5,7-10H2,1H3. The van der Waals surface area contributed by atoms with Crippen LogP contribution in [-0.2, 0) is 6.54 Å². The molecule has 0 saturated carbocycles. The number of aromatic nitrogens is 3. The van der Waals surface area contributed by atoms with Crippen molar-refractivity contribution < 1.29 is 9.26 Å². The lowest BCUT2D eigenvalue weighted by molar-refractivity contribution is 0.131. The van der Waals surface area contributed by atoms with Crippen LogP contribution in [0.1, 0.15) is 24.2 Å². The monoisotopic (exact) mass is 288 g/mol. The molecule has 1 saturated heterocycles. The molecule has 0 bridgehead atoms. The number of piperidine rings is 1. The topological polar surface area (TPSA) is 64.3 Å². The van der Waals surface area contributed by atoms with Gasteiger partial charge in [0.2, 0.25) is 12.3 Å². The van der Waals surface area contributed by atoms with E-state index in [1.165, 1.54) is 6.39 Å². The first kappa shape index (κ1) is 14.0. The second kappa shape index (κ2) is 6.67. The van der Waals surface area contributed by atoms with Gasteiger partial charge in [0.25, 0.3) is 0 Å². The Morgan fingerprint density at radius 2 is 2.19 bits per heavy atom. The Morgan fingerprint density at radius 3 is 2.90 bits per heavy atom. The SMILES string of the molecule is Cc1cccnc1OCC1CCN(Cc2ncon2)CC1. The molecule has 0 aromatic carbocycles. The fraction of sp³-hybridized carbons (Fsp3) is 0.533. The third-order valence-electron chi connectivity index (χ3n) is 3.90. The summed E-state index contributed by atoms with van der Waals surface area (Å²) < 4.78 is 10.6. The van der Waals surface area contributed by atoms with E-state index in [0.717, 1.165) is 56.4 Å². The van der Waals surface area contributed by atoms with E-state index < -0.39 is 0 Å². The van der Waals surface area contributed by atoms with Gasteiger partial charge in [-0.1, -0.05) is 11.2 Å². The van der Waals surface area contributed by atoms with Gasteiger partial charge >= 0.3 is 0 Å². The summed E-state index contributed by atoms with van der Waals surface area (Å²) in [5.74, 6) is 2.11. The fourth-order valence-corrected chi connectivity index (χ4v) is 2.59. The summed E-state index contributed by atoms with van der Waals surface area (Å²) in [7, 11) is 0. The Bertz CT molecular complexity index is 551. The van der Waals surface area contributed by atoms with Crippen LogP contribution in [0.5, 0.6) is 5.88 Å². The van der Waals surface area contributed by atoms with Gasteiger partial charge in [-0.3, -0.25) is 4.90 Å². The lowest BCUT2D eigenvalue weighted by atomic mass is 9.98. The Balaban J connectivity index is 1.43. The number of rotatable bonds is 5. The highest BCUT2D eigenvalue weighted by Gasteiger charge is 2.21. The van der Waals surface area contributed by atoms with E-state index in [-0.39, 0.29) is 0 Å². The molecular formula is C15H20N4O2. The third-order valence-corrected chi connectivity index (χ3v) is 3.90. The van der Waals surface area contributed by atoms with Crippen molar-refractivity contribution in [2.24, 2.45) is 5.92 Å². The predicted molar refractivity (Wildman–Crippen MR) is 76.8 cm³/mol. The number of aryl methyl sites for hydroxylation is 1. The molecular weight excluding hydrogens is 268 g/mol. The summed E-state index contributed by atoms with van der Waals surface area (Å²) in [6, 6.07) is 3.95.